The van der Waals surface area contributed by atoms with Gasteiger partial charge in [0, 0.05) is 30.0 Å². The Hall–Kier alpha value is -2.63. The zero-order valence-electron chi connectivity index (χ0n) is 13.0. The molecule has 3 aromatic rings. The van der Waals surface area contributed by atoms with Crippen LogP contribution in [-0.4, -0.2) is 27.3 Å². The number of hydrogen-bond acceptors (Lipinski definition) is 3. The molecule has 6 heteroatoms. The van der Waals surface area contributed by atoms with E-state index in [1.807, 2.05) is 17.0 Å². The Morgan fingerprint density at radius 1 is 1.38 bits per heavy atom. The molecular weight excluding hydrogens is 309 g/mol. The molecule has 5 rings (SSSR count). The van der Waals surface area contributed by atoms with Crippen molar-refractivity contribution in [1.82, 2.24) is 14.9 Å². The number of amides is 1. The third kappa shape index (κ3) is 1.99. The molecule has 2 aliphatic rings. The zero-order chi connectivity index (χ0) is 16.3. The van der Waals surface area contributed by atoms with Gasteiger partial charge in [0.1, 0.15) is 11.8 Å². The van der Waals surface area contributed by atoms with Crippen LogP contribution in [0, 0.1) is 11.7 Å². The van der Waals surface area contributed by atoms with E-state index in [9.17, 15) is 9.18 Å². The Bertz CT molecular complexity index is 941. The van der Waals surface area contributed by atoms with Gasteiger partial charge in [-0.2, -0.15) is 0 Å². The average Bonchev–Trinajstić information content (AvgIpc) is 3.16. The van der Waals surface area contributed by atoms with Crippen LogP contribution in [0.3, 0.4) is 0 Å². The van der Waals surface area contributed by atoms with Crippen LogP contribution in [0.25, 0.3) is 11.0 Å². The number of nitrogens with one attached hydrogen (secondary N) is 1. The number of hydrogen-bond donors (Lipinski definition) is 1. The van der Waals surface area contributed by atoms with Crippen LogP contribution in [0.2, 0.25) is 0 Å². The summed E-state index contributed by atoms with van der Waals surface area (Å²) in [6.45, 7) is 0.620. The molecule has 0 unspecified atom stereocenters. The number of benzene rings is 1. The number of carbonyl (C=O) groups is 1. The number of imidazole rings is 1. The number of halogens is 1. The van der Waals surface area contributed by atoms with Gasteiger partial charge in [0.25, 0.3) is 0 Å². The molecule has 1 saturated carbocycles. The van der Waals surface area contributed by atoms with Crippen LogP contribution >= 0.6 is 0 Å². The normalized spacial score (nSPS) is 20.4. The Morgan fingerprint density at radius 3 is 3.04 bits per heavy atom. The maximum absolute atomic E-state index is 14.0. The summed E-state index contributed by atoms with van der Waals surface area (Å²) in [7, 11) is 0. The Morgan fingerprint density at radius 2 is 2.25 bits per heavy atom. The molecule has 0 bridgehead atoms. The maximum atomic E-state index is 14.0. The summed E-state index contributed by atoms with van der Waals surface area (Å²) < 4.78 is 19.8. The van der Waals surface area contributed by atoms with Crippen LogP contribution in [0.15, 0.2) is 35.0 Å². The van der Waals surface area contributed by atoms with Crippen molar-refractivity contribution in [2.75, 3.05) is 6.54 Å². The summed E-state index contributed by atoms with van der Waals surface area (Å²) in [4.78, 5) is 22.1. The summed E-state index contributed by atoms with van der Waals surface area (Å²) >= 11 is 0. The molecule has 1 aliphatic heterocycles. The molecule has 1 aliphatic carbocycles. The number of para-hydroxylation sites is 1. The molecule has 3 heterocycles. The minimum Gasteiger partial charge on any atom is -0.455 e. The van der Waals surface area contributed by atoms with Crippen molar-refractivity contribution in [1.29, 1.82) is 0 Å². The molecule has 1 N–H and O–H groups in total. The van der Waals surface area contributed by atoms with Gasteiger partial charge >= 0.3 is 0 Å². The van der Waals surface area contributed by atoms with Crippen LogP contribution in [0.1, 0.15) is 36.0 Å². The number of carbonyl (C=O) groups excluding carboxylic acids is 1. The lowest BCUT2D eigenvalue weighted by Crippen LogP contribution is -2.41. The van der Waals surface area contributed by atoms with E-state index in [1.54, 1.807) is 12.4 Å². The highest BCUT2D eigenvalue weighted by Gasteiger charge is 2.41. The van der Waals surface area contributed by atoms with E-state index in [0.29, 0.717) is 17.7 Å². The zero-order valence-corrected chi connectivity index (χ0v) is 13.0. The number of aromatic amines is 1. The van der Waals surface area contributed by atoms with Gasteiger partial charge in [-0.3, -0.25) is 4.79 Å². The van der Waals surface area contributed by atoms with Crippen molar-refractivity contribution in [2.24, 2.45) is 5.92 Å². The number of furan rings is 1. The molecule has 0 radical (unpaired) electrons. The number of aromatic nitrogens is 2. The first kappa shape index (κ1) is 13.8. The van der Waals surface area contributed by atoms with Crippen LogP contribution in [0.5, 0.6) is 0 Å². The molecular formula is C18H16FN3O2. The lowest BCUT2D eigenvalue weighted by Gasteiger charge is -2.33. The number of rotatable bonds is 2. The Balaban J connectivity index is 1.65. The molecule has 1 fully saturated rings. The lowest BCUT2D eigenvalue weighted by atomic mass is 9.99. The molecule has 0 spiro atoms. The molecule has 5 nitrogen and oxygen atoms in total. The van der Waals surface area contributed by atoms with Gasteiger partial charge < -0.3 is 14.3 Å². The molecule has 2 aromatic heterocycles. The van der Waals surface area contributed by atoms with Gasteiger partial charge in [-0.25, -0.2) is 9.37 Å². The topological polar surface area (TPSA) is 62.1 Å². The van der Waals surface area contributed by atoms with Crippen molar-refractivity contribution in [3.05, 3.63) is 53.6 Å². The first-order chi connectivity index (χ1) is 11.7. The van der Waals surface area contributed by atoms with Gasteiger partial charge in [-0.15, -0.1) is 0 Å². The fourth-order valence-electron chi connectivity index (χ4n) is 3.55. The van der Waals surface area contributed by atoms with E-state index in [-0.39, 0.29) is 23.4 Å². The highest BCUT2D eigenvalue weighted by Crippen LogP contribution is 2.40. The summed E-state index contributed by atoms with van der Waals surface area (Å²) in [5.41, 5.74) is 2.05. The Kier molecular flexibility index (Phi) is 2.83. The summed E-state index contributed by atoms with van der Waals surface area (Å²) in [6.07, 6.45) is 4.29. The smallest absolute Gasteiger partial charge is 0.226 e. The highest BCUT2D eigenvalue weighted by molar-refractivity contribution is 5.83. The van der Waals surface area contributed by atoms with Crippen molar-refractivity contribution in [2.45, 2.75) is 25.3 Å². The van der Waals surface area contributed by atoms with Crippen molar-refractivity contribution < 1.29 is 13.6 Å². The van der Waals surface area contributed by atoms with E-state index in [4.69, 9.17) is 4.42 Å². The van der Waals surface area contributed by atoms with Crippen LogP contribution in [-0.2, 0) is 11.2 Å². The second-order valence-electron chi connectivity index (χ2n) is 6.53. The van der Waals surface area contributed by atoms with Gasteiger partial charge in [-0.05, 0) is 25.0 Å². The van der Waals surface area contributed by atoms with Crippen LogP contribution < -0.4 is 0 Å². The third-order valence-electron chi connectivity index (χ3n) is 4.92. The quantitative estimate of drug-likeness (QED) is 0.787. The minimum atomic E-state index is -0.392. The minimum absolute atomic E-state index is 0.120. The maximum Gasteiger partial charge on any atom is 0.226 e. The molecule has 1 aromatic carbocycles. The molecule has 1 atom stereocenters. The summed E-state index contributed by atoms with van der Waals surface area (Å²) in [5.74, 6) is 0.442. The van der Waals surface area contributed by atoms with Crippen molar-refractivity contribution >= 4 is 16.9 Å². The number of H-pyrrole nitrogens is 1. The van der Waals surface area contributed by atoms with Gasteiger partial charge in [-0.1, -0.05) is 12.1 Å². The molecule has 0 saturated heterocycles. The predicted octanol–water partition coefficient (Wildman–Crippen LogP) is 3.18. The fourth-order valence-corrected chi connectivity index (χ4v) is 3.55. The van der Waals surface area contributed by atoms with Crippen LogP contribution in [0.4, 0.5) is 4.39 Å². The average molecular weight is 325 g/mol. The number of fused-ring (bicyclic) bond motifs is 2. The second kappa shape index (κ2) is 4.93. The van der Waals surface area contributed by atoms with Gasteiger partial charge in [0.15, 0.2) is 11.4 Å². The lowest BCUT2D eigenvalue weighted by molar-refractivity contribution is -0.135. The first-order valence-corrected chi connectivity index (χ1v) is 8.23. The second-order valence-corrected chi connectivity index (χ2v) is 6.53. The van der Waals surface area contributed by atoms with Gasteiger partial charge in [0.2, 0.25) is 5.91 Å². The third-order valence-corrected chi connectivity index (χ3v) is 4.92. The SMILES string of the molecule is O=C(C1CC1)N1CCc2[nH]cnc2[C@H]1c1cc2cccc(F)c2o1. The van der Waals surface area contributed by atoms with E-state index in [0.717, 1.165) is 30.7 Å². The van der Waals surface area contributed by atoms with E-state index < -0.39 is 5.82 Å². The predicted molar refractivity (Wildman–Crippen MR) is 84.7 cm³/mol. The summed E-state index contributed by atoms with van der Waals surface area (Å²) in [6, 6.07) is 6.28. The molecule has 24 heavy (non-hydrogen) atoms. The first-order valence-electron chi connectivity index (χ1n) is 8.23. The van der Waals surface area contributed by atoms with Crippen molar-refractivity contribution in [3.63, 3.8) is 0 Å². The van der Waals surface area contributed by atoms with E-state index in [2.05, 4.69) is 9.97 Å². The monoisotopic (exact) mass is 325 g/mol. The van der Waals surface area contributed by atoms with E-state index in [1.165, 1.54) is 6.07 Å². The number of nitrogens with zero attached hydrogens (tertiary/aromatic N) is 2. The Labute approximate surface area is 137 Å². The highest BCUT2D eigenvalue weighted by atomic mass is 19.1. The van der Waals surface area contributed by atoms with Crippen molar-refractivity contribution in [3.8, 4) is 0 Å². The molecule has 1 amide bonds. The summed E-state index contributed by atoms with van der Waals surface area (Å²) in [5, 5.41) is 0.700. The largest absolute Gasteiger partial charge is 0.455 e. The fraction of sp³-hybridized carbons (Fsp3) is 0.333. The standard InChI is InChI=1S/C18H16FN3O2/c19-12-3-1-2-11-8-14(24-17(11)12)16-15-13(20-9-21-15)6-7-22(16)18(23)10-4-5-10/h1-3,8-10,16H,4-7H2,(H,20,21)/t16-/m1/s1. The molecule has 122 valence electrons. The van der Waals surface area contributed by atoms with Gasteiger partial charge in [0.05, 0.1) is 12.0 Å². The van der Waals surface area contributed by atoms with E-state index >= 15 is 0 Å².